The highest BCUT2D eigenvalue weighted by Crippen LogP contribution is 2.26. The summed E-state index contributed by atoms with van der Waals surface area (Å²) in [5, 5.41) is 11.8. The Morgan fingerprint density at radius 3 is 3.07 bits per heavy atom. The van der Waals surface area contributed by atoms with Crippen LogP contribution in [0, 0.1) is 5.92 Å². The summed E-state index contributed by atoms with van der Waals surface area (Å²) in [6.07, 6.45) is 3.30. The van der Waals surface area contributed by atoms with Gasteiger partial charge in [0.1, 0.15) is 6.04 Å². The van der Waals surface area contributed by atoms with E-state index in [1.54, 1.807) is 13.1 Å². The van der Waals surface area contributed by atoms with E-state index in [1.807, 2.05) is 0 Å². The topological polar surface area (TPSA) is 58.6 Å². The van der Waals surface area contributed by atoms with Crippen LogP contribution in [-0.2, 0) is 9.53 Å². The summed E-state index contributed by atoms with van der Waals surface area (Å²) in [7, 11) is 1.67. The smallest absolute Gasteiger partial charge is 0.321 e. The van der Waals surface area contributed by atoms with E-state index >= 15 is 0 Å². The van der Waals surface area contributed by atoms with Gasteiger partial charge in [-0.1, -0.05) is 6.08 Å². The molecule has 4 heteroatoms. The van der Waals surface area contributed by atoms with Crippen LogP contribution in [0.15, 0.2) is 12.7 Å². The standard InChI is InChI=1S/C10H17NO3/c1-3-4-8-7(5-6-14-8)9(11-2)10(12)13/h3,7-9,11H,1,4-6H2,2H3,(H,12,13)/t7-,8+,9+/m0/s1. The van der Waals surface area contributed by atoms with E-state index in [2.05, 4.69) is 11.9 Å². The normalized spacial score (nSPS) is 28.6. The van der Waals surface area contributed by atoms with Crippen molar-refractivity contribution in [2.24, 2.45) is 5.92 Å². The van der Waals surface area contributed by atoms with Crippen molar-refractivity contribution in [3.63, 3.8) is 0 Å². The van der Waals surface area contributed by atoms with E-state index in [4.69, 9.17) is 9.84 Å². The predicted molar refractivity (Wildman–Crippen MR) is 53.1 cm³/mol. The van der Waals surface area contributed by atoms with Crippen LogP contribution in [-0.4, -0.2) is 36.9 Å². The molecule has 0 amide bonds. The fourth-order valence-electron chi connectivity index (χ4n) is 1.97. The van der Waals surface area contributed by atoms with Crippen LogP contribution < -0.4 is 5.32 Å². The SMILES string of the molecule is C=CC[C@H]1OCC[C@@H]1[C@@H](NC)C(=O)O. The molecule has 1 aliphatic rings. The maximum Gasteiger partial charge on any atom is 0.321 e. The maximum absolute atomic E-state index is 10.9. The van der Waals surface area contributed by atoms with Gasteiger partial charge in [0.05, 0.1) is 6.10 Å². The zero-order valence-corrected chi connectivity index (χ0v) is 8.40. The molecule has 1 heterocycles. The van der Waals surface area contributed by atoms with E-state index in [-0.39, 0.29) is 12.0 Å². The molecule has 0 radical (unpaired) electrons. The molecular weight excluding hydrogens is 182 g/mol. The third-order valence-corrected chi connectivity index (χ3v) is 2.66. The van der Waals surface area contributed by atoms with E-state index in [0.29, 0.717) is 6.61 Å². The van der Waals surface area contributed by atoms with Crippen molar-refractivity contribution < 1.29 is 14.6 Å². The zero-order chi connectivity index (χ0) is 10.6. The number of hydrogen-bond acceptors (Lipinski definition) is 3. The molecule has 80 valence electrons. The van der Waals surface area contributed by atoms with Crippen LogP contribution in [0.3, 0.4) is 0 Å². The van der Waals surface area contributed by atoms with Crippen molar-refractivity contribution in [2.75, 3.05) is 13.7 Å². The minimum atomic E-state index is -0.808. The van der Waals surface area contributed by atoms with E-state index in [1.165, 1.54) is 0 Å². The van der Waals surface area contributed by atoms with Crippen LogP contribution in [0.5, 0.6) is 0 Å². The molecular formula is C10H17NO3. The zero-order valence-electron chi connectivity index (χ0n) is 8.40. The molecule has 0 spiro atoms. The molecule has 1 aliphatic heterocycles. The number of hydrogen-bond donors (Lipinski definition) is 2. The minimum absolute atomic E-state index is 0.000972. The molecule has 1 fully saturated rings. The number of likely N-dealkylation sites (N-methyl/N-ethyl adjacent to an activating group) is 1. The molecule has 1 rings (SSSR count). The Hall–Kier alpha value is -0.870. The monoisotopic (exact) mass is 199 g/mol. The van der Waals surface area contributed by atoms with Gasteiger partial charge in [-0.3, -0.25) is 4.79 Å². The van der Waals surface area contributed by atoms with Gasteiger partial charge in [0.2, 0.25) is 0 Å². The molecule has 0 aromatic rings. The van der Waals surface area contributed by atoms with Crippen LogP contribution in [0.1, 0.15) is 12.8 Å². The quantitative estimate of drug-likeness (QED) is 0.638. The van der Waals surface area contributed by atoms with Crippen molar-refractivity contribution in [1.82, 2.24) is 5.32 Å². The summed E-state index contributed by atoms with van der Waals surface area (Å²) in [6.45, 7) is 4.29. The first kappa shape index (κ1) is 11.2. The average Bonchev–Trinajstić information content (AvgIpc) is 2.55. The number of carboxylic acid groups (broad SMARTS) is 1. The van der Waals surface area contributed by atoms with E-state index in [9.17, 15) is 4.79 Å². The second kappa shape index (κ2) is 5.12. The number of aliphatic carboxylic acids is 1. The molecule has 0 aliphatic carbocycles. The lowest BCUT2D eigenvalue weighted by molar-refractivity contribution is -0.141. The molecule has 0 aromatic heterocycles. The van der Waals surface area contributed by atoms with Gasteiger partial charge in [0.15, 0.2) is 0 Å². The summed E-state index contributed by atoms with van der Waals surface area (Å²) in [4.78, 5) is 10.9. The highest BCUT2D eigenvalue weighted by Gasteiger charge is 2.36. The molecule has 0 unspecified atom stereocenters. The minimum Gasteiger partial charge on any atom is -0.480 e. The van der Waals surface area contributed by atoms with Gasteiger partial charge in [-0.2, -0.15) is 0 Å². The Labute approximate surface area is 83.9 Å². The Morgan fingerprint density at radius 1 is 1.86 bits per heavy atom. The van der Waals surface area contributed by atoms with Crippen molar-refractivity contribution in [2.45, 2.75) is 25.0 Å². The average molecular weight is 199 g/mol. The molecule has 0 aromatic carbocycles. The molecule has 0 bridgehead atoms. The van der Waals surface area contributed by atoms with Crippen LogP contribution in [0.25, 0.3) is 0 Å². The summed E-state index contributed by atoms with van der Waals surface area (Å²) in [5.74, 6) is -0.757. The summed E-state index contributed by atoms with van der Waals surface area (Å²) < 4.78 is 5.46. The number of carboxylic acids is 1. The van der Waals surface area contributed by atoms with E-state index < -0.39 is 12.0 Å². The third-order valence-electron chi connectivity index (χ3n) is 2.66. The van der Waals surface area contributed by atoms with Crippen molar-refractivity contribution in [3.05, 3.63) is 12.7 Å². The third kappa shape index (κ3) is 2.33. The lowest BCUT2D eigenvalue weighted by Crippen LogP contribution is -2.43. The van der Waals surface area contributed by atoms with Gasteiger partial charge >= 0.3 is 5.97 Å². The molecule has 2 N–H and O–H groups in total. The van der Waals surface area contributed by atoms with Crippen molar-refractivity contribution in [3.8, 4) is 0 Å². The first-order valence-corrected chi connectivity index (χ1v) is 4.83. The van der Waals surface area contributed by atoms with Gasteiger partial charge < -0.3 is 15.2 Å². The lowest BCUT2D eigenvalue weighted by Gasteiger charge is -2.23. The van der Waals surface area contributed by atoms with Gasteiger partial charge in [-0.25, -0.2) is 0 Å². The Bertz CT molecular complexity index is 217. The molecule has 4 nitrogen and oxygen atoms in total. The molecule has 0 saturated carbocycles. The lowest BCUT2D eigenvalue weighted by atomic mass is 9.91. The number of carbonyl (C=O) groups is 1. The van der Waals surface area contributed by atoms with Crippen molar-refractivity contribution in [1.29, 1.82) is 0 Å². The molecule has 14 heavy (non-hydrogen) atoms. The summed E-state index contributed by atoms with van der Waals surface area (Å²) >= 11 is 0. The van der Waals surface area contributed by atoms with Crippen LogP contribution in [0.4, 0.5) is 0 Å². The first-order chi connectivity index (χ1) is 6.70. The van der Waals surface area contributed by atoms with Gasteiger partial charge in [-0.15, -0.1) is 6.58 Å². The molecule has 1 saturated heterocycles. The number of nitrogens with one attached hydrogen (secondary N) is 1. The fraction of sp³-hybridized carbons (Fsp3) is 0.700. The highest BCUT2D eigenvalue weighted by atomic mass is 16.5. The highest BCUT2D eigenvalue weighted by molar-refractivity contribution is 5.74. The maximum atomic E-state index is 10.9. The first-order valence-electron chi connectivity index (χ1n) is 4.83. The Kier molecular flexibility index (Phi) is 4.10. The number of ether oxygens (including phenoxy) is 1. The predicted octanol–water partition coefficient (Wildman–Crippen LogP) is 0.640. The van der Waals surface area contributed by atoms with Crippen LogP contribution >= 0.6 is 0 Å². The summed E-state index contributed by atoms with van der Waals surface area (Å²) in [6, 6.07) is -0.512. The number of rotatable bonds is 5. The van der Waals surface area contributed by atoms with Gasteiger partial charge in [-0.05, 0) is 19.9 Å². The van der Waals surface area contributed by atoms with Gasteiger partial charge in [0, 0.05) is 12.5 Å². The second-order valence-corrected chi connectivity index (χ2v) is 3.49. The second-order valence-electron chi connectivity index (χ2n) is 3.49. The van der Waals surface area contributed by atoms with Crippen LogP contribution in [0.2, 0.25) is 0 Å². The Balaban J connectivity index is 2.63. The summed E-state index contributed by atoms with van der Waals surface area (Å²) in [5.41, 5.74) is 0. The molecule has 3 atom stereocenters. The Morgan fingerprint density at radius 2 is 2.57 bits per heavy atom. The largest absolute Gasteiger partial charge is 0.480 e. The van der Waals surface area contributed by atoms with E-state index in [0.717, 1.165) is 12.8 Å². The van der Waals surface area contributed by atoms with Crippen molar-refractivity contribution >= 4 is 5.97 Å². The van der Waals surface area contributed by atoms with Gasteiger partial charge in [0.25, 0.3) is 0 Å². The fourth-order valence-corrected chi connectivity index (χ4v) is 1.97.